The number of thiazole rings is 1. The van der Waals surface area contributed by atoms with Crippen molar-refractivity contribution in [3.63, 3.8) is 0 Å². The average molecular weight is 413 g/mol. The second-order valence-corrected chi connectivity index (χ2v) is 9.61. The lowest BCUT2D eigenvalue weighted by Gasteiger charge is -2.28. The fourth-order valence-electron chi connectivity index (χ4n) is 2.82. The Hall–Kier alpha value is -1.44. The van der Waals surface area contributed by atoms with Crippen LogP contribution in [0.1, 0.15) is 35.6 Å². The summed E-state index contributed by atoms with van der Waals surface area (Å²) >= 11 is 1.54. The van der Waals surface area contributed by atoms with Gasteiger partial charge in [-0.15, -0.1) is 11.3 Å². The number of ether oxygens (including phenoxy) is 1. The van der Waals surface area contributed by atoms with Gasteiger partial charge in [0.1, 0.15) is 10.8 Å². The number of phenols is 1. The number of methoxy groups -OCH3 is 1. The highest BCUT2D eigenvalue weighted by Gasteiger charge is 2.35. The summed E-state index contributed by atoms with van der Waals surface area (Å²) in [6.07, 6.45) is 1.77. The summed E-state index contributed by atoms with van der Waals surface area (Å²) in [5.74, 6) is 0.153. The number of aromatic hydroxyl groups is 1. The first kappa shape index (κ1) is 21.9. The predicted molar refractivity (Wildman–Crippen MR) is 110 cm³/mol. The van der Waals surface area contributed by atoms with Crippen molar-refractivity contribution in [2.24, 2.45) is 0 Å². The van der Waals surface area contributed by atoms with Crippen LogP contribution in [0.3, 0.4) is 0 Å². The molecular formula is C18H28N3O4PS. The van der Waals surface area contributed by atoms with Crippen molar-refractivity contribution >= 4 is 23.9 Å². The number of hydrogen-bond acceptors (Lipinski definition) is 7. The molecule has 2 rings (SSSR count). The third-order valence-corrected chi connectivity index (χ3v) is 7.56. The largest absolute Gasteiger partial charge is 0.508 e. The van der Waals surface area contributed by atoms with Gasteiger partial charge in [-0.25, -0.2) is 10.1 Å². The van der Waals surface area contributed by atoms with Crippen LogP contribution in [0.5, 0.6) is 5.75 Å². The molecule has 1 heterocycles. The molecule has 0 aliphatic carbocycles. The lowest BCUT2D eigenvalue weighted by molar-refractivity contribution is 0.182. The minimum Gasteiger partial charge on any atom is -0.508 e. The Morgan fingerprint density at radius 2 is 2.15 bits per heavy atom. The van der Waals surface area contributed by atoms with Gasteiger partial charge in [-0.05, 0) is 31.5 Å². The van der Waals surface area contributed by atoms with E-state index in [0.29, 0.717) is 25.3 Å². The summed E-state index contributed by atoms with van der Waals surface area (Å²) in [5.41, 5.74) is 1.02. The van der Waals surface area contributed by atoms with Crippen molar-refractivity contribution < 1.29 is 18.9 Å². The molecule has 0 bridgehead atoms. The van der Waals surface area contributed by atoms with E-state index in [4.69, 9.17) is 9.26 Å². The molecular weight excluding hydrogens is 385 g/mol. The van der Waals surface area contributed by atoms with Gasteiger partial charge in [-0.1, -0.05) is 13.0 Å². The van der Waals surface area contributed by atoms with Crippen LogP contribution in [0.15, 0.2) is 24.4 Å². The molecule has 150 valence electrons. The van der Waals surface area contributed by atoms with Gasteiger partial charge in [0.25, 0.3) is 7.52 Å². The Morgan fingerprint density at radius 1 is 1.37 bits per heavy atom. The first-order valence-corrected chi connectivity index (χ1v) is 11.4. The van der Waals surface area contributed by atoms with Gasteiger partial charge in [-0.2, -0.15) is 0 Å². The van der Waals surface area contributed by atoms with Crippen molar-refractivity contribution in [1.82, 2.24) is 10.1 Å². The number of rotatable bonds is 11. The predicted octanol–water partition coefficient (Wildman–Crippen LogP) is 4.30. The summed E-state index contributed by atoms with van der Waals surface area (Å²) in [4.78, 5) is 4.24. The maximum absolute atomic E-state index is 13.6. The highest BCUT2D eigenvalue weighted by atomic mass is 32.1. The van der Waals surface area contributed by atoms with Crippen molar-refractivity contribution in [1.29, 1.82) is 0 Å². The third kappa shape index (κ3) is 5.77. The number of aryl methyl sites for hydroxylation is 1. The standard InChI is InChI=1S/C18H28N3O4PS/c1-5-21-26(23,25-6-2)17(10-20-18-11-19-13(3)27-18)14-7-8-16(22)15(9-14)12-24-4/h7-9,11,17,20,22H,5-6,10,12H2,1-4H3,(H,21,23). The lowest BCUT2D eigenvalue weighted by atomic mass is 10.1. The summed E-state index contributed by atoms with van der Waals surface area (Å²) in [6.45, 7) is 7.20. The molecule has 2 unspecified atom stereocenters. The van der Waals surface area contributed by atoms with Gasteiger partial charge >= 0.3 is 0 Å². The fraction of sp³-hybridized carbons (Fsp3) is 0.500. The highest BCUT2D eigenvalue weighted by Crippen LogP contribution is 2.56. The molecule has 2 atom stereocenters. The number of benzene rings is 1. The Bertz CT molecular complexity index is 774. The summed E-state index contributed by atoms with van der Waals surface area (Å²) in [6, 6.07) is 5.21. The number of hydrogen-bond donors (Lipinski definition) is 3. The van der Waals surface area contributed by atoms with Gasteiger partial charge in [0.15, 0.2) is 0 Å². The number of anilines is 1. The van der Waals surface area contributed by atoms with E-state index in [1.54, 1.807) is 36.8 Å². The highest BCUT2D eigenvalue weighted by molar-refractivity contribution is 7.57. The van der Waals surface area contributed by atoms with Crippen LogP contribution in [0.2, 0.25) is 0 Å². The monoisotopic (exact) mass is 413 g/mol. The number of phenolic OH excluding ortho intramolecular Hbond substituents is 1. The lowest BCUT2D eigenvalue weighted by Crippen LogP contribution is -2.23. The summed E-state index contributed by atoms with van der Waals surface area (Å²) in [5, 5.41) is 18.3. The molecule has 0 saturated carbocycles. The molecule has 2 aromatic rings. The fourth-order valence-corrected chi connectivity index (χ4v) is 5.70. The molecule has 9 heteroatoms. The summed E-state index contributed by atoms with van der Waals surface area (Å²) in [7, 11) is -1.62. The normalized spacial score (nSPS) is 14.7. The van der Waals surface area contributed by atoms with E-state index < -0.39 is 13.2 Å². The molecule has 0 amide bonds. The quantitative estimate of drug-likeness (QED) is 0.473. The zero-order chi connectivity index (χ0) is 19.9. The van der Waals surface area contributed by atoms with Crippen molar-refractivity contribution in [3.05, 3.63) is 40.5 Å². The minimum absolute atomic E-state index is 0.153. The van der Waals surface area contributed by atoms with Crippen molar-refractivity contribution in [3.8, 4) is 5.75 Å². The first-order valence-electron chi connectivity index (χ1n) is 8.89. The Balaban J connectivity index is 2.38. The van der Waals surface area contributed by atoms with E-state index in [1.807, 2.05) is 26.8 Å². The molecule has 1 aromatic carbocycles. The topological polar surface area (TPSA) is 92.7 Å². The zero-order valence-corrected chi connectivity index (χ0v) is 17.9. The number of nitrogens with zero attached hydrogens (tertiary/aromatic N) is 1. The van der Waals surface area contributed by atoms with Gasteiger partial charge in [-0.3, -0.25) is 4.57 Å². The van der Waals surface area contributed by atoms with Crippen LogP contribution in [0.4, 0.5) is 5.00 Å². The Kier molecular flexibility index (Phi) is 8.26. The van der Waals surface area contributed by atoms with Gasteiger partial charge in [0.05, 0.1) is 30.1 Å². The minimum atomic E-state index is -3.19. The molecule has 3 N–H and O–H groups in total. The molecule has 0 spiro atoms. The summed E-state index contributed by atoms with van der Waals surface area (Å²) < 4.78 is 24.5. The maximum atomic E-state index is 13.6. The van der Waals surface area contributed by atoms with E-state index in [-0.39, 0.29) is 12.4 Å². The first-order chi connectivity index (χ1) is 12.9. The van der Waals surface area contributed by atoms with Crippen LogP contribution in [-0.4, -0.2) is 36.9 Å². The van der Waals surface area contributed by atoms with Gasteiger partial charge in [0, 0.05) is 25.8 Å². The molecule has 0 radical (unpaired) electrons. The number of nitrogens with one attached hydrogen (secondary N) is 2. The molecule has 0 saturated heterocycles. The maximum Gasteiger partial charge on any atom is 0.278 e. The van der Waals surface area contributed by atoms with E-state index in [2.05, 4.69) is 15.4 Å². The number of aromatic nitrogens is 1. The van der Waals surface area contributed by atoms with E-state index in [9.17, 15) is 9.67 Å². The zero-order valence-electron chi connectivity index (χ0n) is 16.2. The molecule has 27 heavy (non-hydrogen) atoms. The van der Waals surface area contributed by atoms with Gasteiger partial charge < -0.3 is 19.7 Å². The van der Waals surface area contributed by atoms with Crippen LogP contribution in [0, 0.1) is 6.92 Å². The van der Waals surface area contributed by atoms with Gasteiger partial charge in [0.2, 0.25) is 0 Å². The van der Waals surface area contributed by atoms with E-state index in [1.165, 1.54) is 0 Å². The third-order valence-electron chi connectivity index (χ3n) is 3.99. The van der Waals surface area contributed by atoms with Crippen LogP contribution in [0.25, 0.3) is 0 Å². The SMILES string of the molecule is CCNP(=O)(OCC)C(CNc1cnc(C)s1)c1ccc(O)c(COC)c1. The van der Waals surface area contributed by atoms with E-state index >= 15 is 0 Å². The molecule has 1 aromatic heterocycles. The van der Waals surface area contributed by atoms with Crippen LogP contribution in [-0.2, 0) is 20.4 Å². The molecule has 0 aliphatic heterocycles. The Labute approximate surface area is 164 Å². The van der Waals surface area contributed by atoms with Crippen molar-refractivity contribution in [2.45, 2.75) is 33.0 Å². The second kappa shape index (κ2) is 10.2. The van der Waals surface area contributed by atoms with E-state index in [0.717, 1.165) is 15.6 Å². The smallest absolute Gasteiger partial charge is 0.278 e. The van der Waals surface area contributed by atoms with Crippen molar-refractivity contribution in [2.75, 3.05) is 32.1 Å². The Morgan fingerprint density at radius 3 is 2.74 bits per heavy atom. The molecule has 0 fully saturated rings. The van der Waals surface area contributed by atoms with Crippen LogP contribution < -0.4 is 10.4 Å². The van der Waals surface area contributed by atoms with Crippen LogP contribution >= 0.6 is 18.9 Å². The second-order valence-electron chi connectivity index (χ2n) is 5.99. The average Bonchev–Trinajstić information content (AvgIpc) is 3.03. The molecule has 0 aliphatic rings. The molecule has 7 nitrogen and oxygen atoms in total.